The molecule has 1 aromatic rings. The molecule has 0 atom stereocenters. The molecule has 1 aromatic heterocycles. The van der Waals surface area contributed by atoms with Crippen LogP contribution in [0, 0.1) is 5.41 Å². The molecular weight excluding hydrogens is 272 g/mol. The summed E-state index contributed by atoms with van der Waals surface area (Å²) in [5.41, 5.74) is -0.311. The van der Waals surface area contributed by atoms with Crippen LogP contribution in [-0.4, -0.2) is 34.6 Å². The van der Waals surface area contributed by atoms with E-state index in [1.54, 1.807) is 12.1 Å². The van der Waals surface area contributed by atoms with Crippen LogP contribution in [0.3, 0.4) is 0 Å². The number of rotatable bonds is 6. The Morgan fingerprint density at radius 3 is 2.76 bits per heavy atom. The van der Waals surface area contributed by atoms with Gasteiger partial charge in [0, 0.05) is 24.4 Å². The van der Waals surface area contributed by atoms with Gasteiger partial charge in [-0.25, -0.2) is 4.98 Å². The van der Waals surface area contributed by atoms with Gasteiger partial charge in [0.1, 0.15) is 6.10 Å². The van der Waals surface area contributed by atoms with Gasteiger partial charge in [-0.15, -0.1) is 0 Å². The predicted octanol–water partition coefficient (Wildman–Crippen LogP) is 1.61. The first-order chi connectivity index (χ1) is 10.1. The molecule has 21 heavy (non-hydrogen) atoms. The maximum Gasteiger partial charge on any atom is 0.311 e. The zero-order chi connectivity index (χ0) is 14.9. The second kappa shape index (κ2) is 5.35. The van der Waals surface area contributed by atoms with E-state index in [0.29, 0.717) is 24.3 Å². The van der Waals surface area contributed by atoms with Crippen LogP contribution in [0.4, 0.5) is 0 Å². The van der Waals surface area contributed by atoms with Crippen LogP contribution in [0.15, 0.2) is 18.3 Å². The van der Waals surface area contributed by atoms with Gasteiger partial charge in [0.2, 0.25) is 5.88 Å². The van der Waals surface area contributed by atoms with E-state index in [9.17, 15) is 9.59 Å². The molecule has 6 heteroatoms. The summed E-state index contributed by atoms with van der Waals surface area (Å²) in [7, 11) is 0. The Morgan fingerprint density at radius 2 is 2.19 bits per heavy atom. The molecular formula is C15H18N2O4. The molecule has 2 saturated carbocycles. The maximum atomic E-state index is 12.1. The summed E-state index contributed by atoms with van der Waals surface area (Å²) < 4.78 is 5.65. The van der Waals surface area contributed by atoms with Crippen molar-refractivity contribution in [2.24, 2.45) is 5.41 Å². The minimum atomic E-state index is -0.841. The molecule has 2 fully saturated rings. The lowest BCUT2D eigenvalue weighted by Gasteiger charge is -2.25. The number of amides is 1. The highest BCUT2D eigenvalue weighted by Gasteiger charge is 2.50. The van der Waals surface area contributed by atoms with E-state index in [-0.39, 0.29) is 18.6 Å². The number of aromatic nitrogens is 1. The van der Waals surface area contributed by atoms with E-state index in [1.807, 2.05) is 0 Å². The summed E-state index contributed by atoms with van der Waals surface area (Å²) >= 11 is 0. The number of hydrogen-bond acceptors (Lipinski definition) is 4. The van der Waals surface area contributed by atoms with Gasteiger partial charge in [-0.3, -0.25) is 9.59 Å². The summed E-state index contributed by atoms with van der Waals surface area (Å²) in [4.78, 5) is 27.2. The van der Waals surface area contributed by atoms with Crippen molar-refractivity contribution in [2.45, 2.75) is 38.2 Å². The Labute approximate surface area is 122 Å². The average Bonchev–Trinajstić information content (AvgIpc) is 3.22. The third kappa shape index (κ3) is 2.99. The molecule has 0 aliphatic heterocycles. The van der Waals surface area contributed by atoms with Crippen molar-refractivity contribution in [3.63, 3.8) is 0 Å². The summed E-state index contributed by atoms with van der Waals surface area (Å²) in [5, 5.41) is 11.8. The number of carboxylic acid groups (broad SMARTS) is 1. The number of aliphatic carboxylic acids is 1. The van der Waals surface area contributed by atoms with Crippen LogP contribution in [-0.2, 0) is 4.79 Å². The van der Waals surface area contributed by atoms with Gasteiger partial charge in [-0.1, -0.05) is 0 Å². The number of nitrogens with one attached hydrogen (secondary N) is 1. The number of hydrogen-bond donors (Lipinski definition) is 2. The minimum Gasteiger partial charge on any atom is -0.481 e. The number of pyridine rings is 1. The van der Waals surface area contributed by atoms with Crippen molar-refractivity contribution in [2.75, 3.05) is 6.54 Å². The average molecular weight is 290 g/mol. The van der Waals surface area contributed by atoms with Crippen molar-refractivity contribution in [1.29, 1.82) is 0 Å². The molecule has 0 unspecified atom stereocenters. The number of carboxylic acids is 1. The van der Waals surface area contributed by atoms with Crippen LogP contribution in [0.5, 0.6) is 5.88 Å². The van der Waals surface area contributed by atoms with Gasteiger partial charge < -0.3 is 15.2 Å². The zero-order valence-corrected chi connectivity index (χ0v) is 11.7. The minimum absolute atomic E-state index is 0.169. The van der Waals surface area contributed by atoms with Crippen LogP contribution in [0.1, 0.15) is 42.5 Å². The molecule has 1 amide bonds. The van der Waals surface area contributed by atoms with Crippen molar-refractivity contribution in [1.82, 2.24) is 10.3 Å². The fourth-order valence-electron chi connectivity index (χ4n) is 2.24. The van der Waals surface area contributed by atoms with Crippen LogP contribution in [0.2, 0.25) is 0 Å². The van der Waals surface area contributed by atoms with Crippen molar-refractivity contribution < 1.29 is 19.4 Å². The summed E-state index contributed by atoms with van der Waals surface area (Å²) in [5.74, 6) is -0.679. The van der Waals surface area contributed by atoms with Crippen LogP contribution >= 0.6 is 0 Å². The largest absolute Gasteiger partial charge is 0.481 e. The second-order valence-corrected chi connectivity index (χ2v) is 5.82. The predicted molar refractivity (Wildman–Crippen MR) is 74.1 cm³/mol. The Bertz CT molecular complexity index is 565. The monoisotopic (exact) mass is 290 g/mol. The molecule has 0 spiro atoms. The molecule has 1 heterocycles. The van der Waals surface area contributed by atoms with Crippen LogP contribution < -0.4 is 10.1 Å². The molecule has 6 nitrogen and oxygen atoms in total. The molecule has 2 N–H and O–H groups in total. The molecule has 0 aromatic carbocycles. The Hall–Kier alpha value is -2.11. The molecule has 0 bridgehead atoms. The summed E-state index contributed by atoms with van der Waals surface area (Å²) in [6.45, 7) is 0.169. The normalized spacial score (nSPS) is 19.4. The first-order valence-electron chi connectivity index (χ1n) is 7.23. The Balaban J connectivity index is 1.59. The van der Waals surface area contributed by atoms with Crippen molar-refractivity contribution in [3.05, 3.63) is 23.9 Å². The highest BCUT2D eigenvalue weighted by atomic mass is 16.5. The molecule has 2 aliphatic rings. The third-order valence-corrected chi connectivity index (χ3v) is 4.23. The molecule has 0 saturated heterocycles. The van der Waals surface area contributed by atoms with Gasteiger partial charge in [0.25, 0.3) is 5.91 Å². The van der Waals surface area contributed by atoms with Gasteiger partial charge in [0.15, 0.2) is 0 Å². The smallest absolute Gasteiger partial charge is 0.311 e. The van der Waals surface area contributed by atoms with E-state index < -0.39 is 11.4 Å². The van der Waals surface area contributed by atoms with E-state index in [0.717, 1.165) is 12.8 Å². The van der Waals surface area contributed by atoms with Gasteiger partial charge in [-0.2, -0.15) is 0 Å². The number of carbonyl (C=O) groups is 2. The van der Waals surface area contributed by atoms with Crippen molar-refractivity contribution >= 4 is 11.9 Å². The fourth-order valence-corrected chi connectivity index (χ4v) is 2.24. The highest BCUT2D eigenvalue weighted by Crippen LogP contribution is 2.45. The van der Waals surface area contributed by atoms with E-state index in [2.05, 4.69) is 10.3 Å². The summed E-state index contributed by atoms with van der Waals surface area (Å²) in [6.07, 6.45) is 6.20. The van der Waals surface area contributed by atoms with Gasteiger partial charge >= 0.3 is 5.97 Å². The zero-order valence-electron chi connectivity index (χ0n) is 11.7. The van der Waals surface area contributed by atoms with Gasteiger partial charge in [0.05, 0.1) is 5.41 Å². The molecule has 2 aliphatic carbocycles. The fraction of sp³-hybridized carbons (Fsp3) is 0.533. The van der Waals surface area contributed by atoms with E-state index >= 15 is 0 Å². The maximum absolute atomic E-state index is 12.1. The SMILES string of the molecule is O=C(NCC1(C(=O)O)CC1)c1ccnc(OC2CCC2)c1. The van der Waals surface area contributed by atoms with Gasteiger partial charge in [-0.05, 0) is 38.2 Å². The third-order valence-electron chi connectivity index (χ3n) is 4.23. The quantitative estimate of drug-likeness (QED) is 0.831. The topological polar surface area (TPSA) is 88.5 Å². The number of ether oxygens (including phenoxy) is 1. The molecule has 112 valence electrons. The van der Waals surface area contributed by atoms with Crippen LogP contribution in [0.25, 0.3) is 0 Å². The lowest BCUT2D eigenvalue weighted by Crippen LogP contribution is -2.34. The molecule has 3 rings (SSSR count). The standard InChI is InChI=1S/C15H18N2O4/c18-13(17-9-15(5-6-15)14(19)20)10-4-7-16-12(8-10)21-11-2-1-3-11/h4,7-8,11H,1-3,5-6,9H2,(H,17,18)(H,19,20). The number of carbonyl (C=O) groups excluding carboxylic acids is 1. The highest BCUT2D eigenvalue weighted by molar-refractivity contribution is 5.94. The number of nitrogens with zero attached hydrogens (tertiary/aromatic N) is 1. The second-order valence-electron chi connectivity index (χ2n) is 5.82. The first-order valence-corrected chi connectivity index (χ1v) is 7.23. The Morgan fingerprint density at radius 1 is 1.43 bits per heavy atom. The Kier molecular flexibility index (Phi) is 3.53. The van der Waals surface area contributed by atoms with E-state index in [4.69, 9.17) is 9.84 Å². The molecule has 0 radical (unpaired) electrons. The lowest BCUT2D eigenvalue weighted by atomic mass is 9.96. The van der Waals surface area contributed by atoms with E-state index in [1.165, 1.54) is 12.6 Å². The first kappa shape index (κ1) is 13.9. The lowest BCUT2D eigenvalue weighted by molar-refractivity contribution is -0.143. The summed E-state index contributed by atoms with van der Waals surface area (Å²) in [6, 6.07) is 3.21. The van der Waals surface area contributed by atoms with Crippen molar-refractivity contribution in [3.8, 4) is 5.88 Å².